The van der Waals surface area contributed by atoms with Gasteiger partial charge >= 0.3 is 5.97 Å². The summed E-state index contributed by atoms with van der Waals surface area (Å²) in [5.41, 5.74) is 0. The standard InChI is InChI=1S/C20H32O4/c1-2-3-4-5-6-9-12-16-17(19(22)15-18(16)21)13-10-7-8-11-14-20(23)24/h5-6,9,12,16-18,21H,2-4,7-8,10-11,13-15H2,1H3,(H,23,24)/b6-5+,12-9+/t16-,17-,18-/m1/s1. The van der Waals surface area contributed by atoms with Crippen LogP contribution in [0.15, 0.2) is 24.3 Å². The van der Waals surface area contributed by atoms with E-state index >= 15 is 0 Å². The van der Waals surface area contributed by atoms with E-state index in [-0.39, 0.29) is 30.5 Å². The average Bonchev–Trinajstić information content (AvgIpc) is 2.80. The number of ketones is 1. The smallest absolute Gasteiger partial charge is 0.303 e. The van der Waals surface area contributed by atoms with Gasteiger partial charge in [0.15, 0.2) is 0 Å². The van der Waals surface area contributed by atoms with Gasteiger partial charge in [0.2, 0.25) is 0 Å². The summed E-state index contributed by atoms with van der Waals surface area (Å²) in [7, 11) is 0. The van der Waals surface area contributed by atoms with Crippen molar-refractivity contribution in [3.05, 3.63) is 24.3 Å². The maximum atomic E-state index is 12.1. The fraction of sp³-hybridized carbons (Fsp3) is 0.700. The highest BCUT2D eigenvalue weighted by molar-refractivity contribution is 5.84. The minimum Gasteiger partial charge on any atom is -0.481 e. The lowest BCUT2D eigenvalue weighted by Crippen LogP contribution is -2.18. The Balaban J connectivity index is 2.36. The molecule has 0 bridgehead atoms. The van der Waals surface area contributed by atoms with Crippen molar-refractivity contribution in [2.45, 2.75) is 77.2 Å². The summed E-state index contributed by atoms with van der Waals surface area (Å²) >= 11 is 0. The van der Waals surface area contributed by atoms with Crippen LogP contribution in [-0.2, 0) is 9.59 Å². The lowest BCUT2D eigenvalue weighted by atomic mass is 9.88. The van der Waals surface area contributed by atoms with Crippen LogP contribution in [0.5, 0.6) is 0 Å². The third kappa shape index (κ3) is 7.91. The lowest BCUT2D eigenvalue weighted by Gasteiger charge is -2.17. The molecule has 1 aliphatic rings. The topological polar surface area (TPSA) is 74.6 Å². The zero-order valence-electron chi connectivity index (χ0n) is 14.8. The minimum atomic E-state index is -0.749. The van der Waals surface area contributed by atoms with Crippen LogP contribution in [0.2, 0.25) is 0 Å². The third-order valence-electron chi connectivity index (χ3n) is 4.69. The SMILES string of the molecule is CCCC/C=C/C=C/[C@H]1[C@H](O)CC(=O)[C@@H]1CCCCCCC(=O)O. The largest absolute Gasteiger partial charge is 0.481 e. The first kappa shape index (κ1) is 20.6. The summed E-state index contributed by atoms with van der Waals surface area (Å²) < 4.78 is 0. The molecule has 0 unspecified atom stereocenters. The van der Waals surface area contributed by atoms with Gasteiger partial charge in [0.1, 0.15) is 5.78 Å². The normalized spacial score (nSPS) is 24.4. The van der Waals surface area contributed by atoms with Crippen molar-refractivity contribution in [3.8, 4) is 0 Å². The number of hydrogen-bond donors (Lipinski definition) is 2. The van der Waals surface area contributed by atoms with Crippen LogP contribution in [0, 0.1) is 11.8 Å². The predicted octanol–water partition coefficient (Wildman–Crippen LogP) is 4.28. The molecule has 0 aromatic carbocycles. The molecule has 4 heteroatoms. The third-order valence-corrected chi connectivity index (χ3v) is 4.69. The Kier molecular flexibility index (Phi) is 10.3. The molecule has 0 amide bonds. The minimum absolute atomic E-state index is 0.0765. The molecule has 1 aliphatic carbocycles. The molecule has 0 aliphatic heterocycles. The molecule has 1 saturated carbocycles. The van der Waals surface area contributed by atoms with Crippen molar-refractivity contribution in [1.82, 2.24) is 0 Å². The summed E-state index contributed by atoms with van der Waals surface area (Å²) in [5.74, 6) is -0.744. The van der Waals surface area contributed by atoms with Crippen LogP contribution in [-0.4, -0.2) is 28.1 Å². The number of aliphatic carboxylic acids is 1. The second-order valence-electron chi connectivity index (χ2n) is 6.72. The number of carboxylic acids is 1. The van der Waals surface area contributed by atoms with E-state index in [1.54, 1.807) is 0 Å². The van der Waals surface area contributed by atoms with Crippen molar-refractivity contribution in [1.29, 1.82) is 0 Å². The van der Waals surface area contributed by atoms with E-state index < -0.39 is 12.1 Å². The second-order valence-corrected chi connectivity index (χ2v) is 6.72. The molecule has 1 rings (SSSR count). The number of unbranched alkanes of at least 4 members (excludes halogenated alkanes) is 5. The lowest BCUT2D eigenvalue weighted by molar-refractivity contribution is -0.137. The Bertz CT molecular complexity index is 439. The number of rotatable bonds is 12. The van der Waals surface area contributed by atoms with Crippen LogP contribution in [0.25, 0.3) is 0 Å². The summed E-state index contributed by atoms with van der Waals surface area (Å²) in [5, 5.41) is 18.7. The molecule has 0 aromatic rings. The molecule has 0 aromatic heterocycles. The van der Waals surface area contributed by atoms with Crippen LogP contribution in [0.4, 0.5) is 0 Å². The van der Waals surface area contributed by atoms with Gasteiger partial charge in [-0.25, -0.2) is 0 Å². The van der Waals surface area contributed by atoms with Crippen molar-refractivity contribution in [2.24, 2.45) is 11.8 Å². The number of aliphatic hydroxyl groups excluding tert-OH is 1. The van der Waals surface area contributed by atoms with Gasteiger partial charge in [-0.15, -0.1) is 0 Å². The molecule has 136 valence electrons. The highest BCUT2D eigenvalue weighted by Crippen LogP contribution is 2.34. The van der Waals surface area contributed by atoms with Gasteiger partial charge in [0.05, 0.1) is 6.10 Å². The van der Waals surface area contributed by atoms with Gasteiger partial charge in [0, 0.05) is 24.7 Å². The Morgan fingerprint density at radius 1 is 1.17 bits per heavy atom. The van der Waals surface area contributed by atoms with Gasteiger partial charge in [-0.3, -0.25) is 9.59 Å². The van der Waals surface area contributed by atoms with E-state index in [0.29, 0.717) is 6.42 Å². The molecule has 0 heterocycles. The van der Waals surface area contributed by atoms with Gasteiger partial charge in [-0.1, -0.05) is 63.3 Å². The maximum absolute atomic E-state index is 12.1. The predicted molar refractivity (Wildman–Crippen MR) is 95.8 cm³/mol. The fourth-order valence-corrected chi connectivity index (χ4v) is 3.28. The Morgan fingerprint density at radius 3 is 2.62 bits per heavy atom. The van der Waals surface area contributed by atoms with E-state index in [2.05, 4.69) is 13.0 Å². The number of carbonyl (C=O) groups excluding carboxylic acids is 1. The van der Waals surface area contributed by atoms with Gasteiger partial charge in [-0.2, -0.15) is 0 Å². The van der Waals surface area contributed by atoms with Gasteiger partial charge in [-0.05, 0) is 19.3 Å². The van der Waals surface area contributed by atoms with E-state index in [9.17, 15) is 14.7 Å². The number of carboxylic acid groups (broad SMARTS) is 1. The van der Waals surface area contributed by atoms with Crippen molar-refractivity contribution in [3.63, 3.8) is 0 Å². The first-order valence-electron chi connectivity index (χ1n) is 9.32. The van der Waals surface area contributed by atoms with Crippen LogP contribution in [0.1, 0.15) is 71.1 Å². The van der Waals surface area contributed by atoms with Crippen LogP contribution < -0.4 is 0 Å². The Hall–Kier alpha value is -1.42. The van der Waals surface area contributed by atoms with E-state index in [0.717, 1.165) is 32.1 Å². The van der Waals surface area contributed by atoms with Crippen LogP contribution in [0.3, 0.4) is 0 Å². The second kappa shape index (κ2) is 12.0. The molecule has 2 N–H and O–H groups in total. The van der Waals surface area contributed by atoms with Crippen molar-refractivity contribution >= 4 is 11.8 Å². The zero-order chi connectivity index (χ0) is 17.8. The number of hydrogen-bond acceptors (Lipinski definition) is 3. The van der Waals surface area contributed by atoms with Gasteiger partial charge < -0.3 is 10.2 Å². The molecule has 4 nitrogen and oxygen atoms in total. The molecule has 0 saturated heterocycles. The first-order chi connectivity index (χ1) is 11.6. The number of carbonyl (C=O) groups is 2. The molecule has 24 heavy (non-hydrogen) atoms. The number of Topliss-reactive ketones (excluding diaryl/α,β-unsaturated/α-hetero) is 1. The Labute approximate surface area is 145 Å². The summed E-state index contributed by atoms with van der Waals surface area (Å²) in [6, 6.07) is 0. The van der Waals surface area contributed by atoms with Crippen molar-refractivity contribution < 1.29 is 19.8 Å². The summed E-state index contributed by atoms with van der Waals surface area (Å²) in [6.07, 6.45) is 15.6. The molecule has 0 spiro atoms. The summed E-state index contributed by atoms with van der Waals surface area (Å²) in [6.45, 7) is 2.16. The van der Waals surface area contributed by atoms with E-state index in [1.807, 2.05) is 18.2 Å². The molecule has 0 radical (unpaired) electrons. The van der Waals surface area contributed by atoms with E-state index in [1.165, 1.54) is 12.8 Å². The average molecular weight is 336 g/mol. The number of allylic oxidation sites excluding steroid dienone is 3. The zero-order valence-corrected chi connectivity index (χ0v) is 14.8. The molecule has 3 atom stereocenters. The first-order valence-corrected chi connectivity index (χ1v) is 9.32. The monoisotopic (exact) mass is 336 g/mol. The van der Waals surface area contributed by atoms with Gasteiger partial charge in [0.25, 0.3) is 0 Å². The van der Waals surface area contributed by atoms with E-state index in [4.69, 9.17) is 5.11 Å². The molecule has 1 fully saturated rings. The molecular weight excluding hydrogens is 304 g/mol. The Morgan fingerprint density at radius 2 is 1.92 bits per heavy atom. The summed E-state index contributed by atoms with van der Waals surface area (Å²) in [4.78, 5) is 22.5. The fourth-order valence-electron chi connectivity index (χ4n) is 3.28. The highest BCUT2D eigenvalue weighted by Gasteiger charge is 2.39. The number of aliphatic hydroxyl groups is 1. The maximum Gasteiger partial charge on any atom is 0.303 e. The molecular formula is C20H32O4. The quantitative estimate of drug-likeness (QED) is 0.412. The highest BCUT2D eigenvalue weighted by atomic mass is 16.4. The van der Waals surface area contributed by atoms with Crippen molar-refractivity contribution in [2.75, 3.05) is 0 Å². The van der Waals surface area contributed by atoms with Crippen LogP contribution >= 0.6 is 0 Å².